The first-order valence-electron chi connectivity index (χ1n) is 6.97. The van der Waals surface area contributed by atoms with E-state index in [0.717, 1.165) is 21.7 Å². The Morgan fingerprint density at radius 1 is 1.19 bits per heavy atom. The Morgan fingerprint density at radius 3 is 2.67 bits per heavy atom. The minimum absolute atomic E-state index is 0.184. The van der Waals surface area contributed by atoms with E-state index in [1.165, 1.54) is 5.56 Å². The molecule has 0 spiro atoms. The molecule has 0 heterocycles. The number of methoxy groups -OCH3 is 1. The van der Waals surface area contributed by atoms with Crippen molar-refractivity contribution in [1.82, 2.24) is 0 Å². The number of hydrogen-bond acceptors (Lipinski definition) is 3. The summed E-state index contributed by atoms with van der Waals surface area (Å²) in [6.45, 7) is 4.78. The number of halogens is 1. The molecule has 0 aliphatic rings. The molecular formula is C17H20BrNO2. The molecule has 0 saturated heterocycles. The lowest BCUT2D eigenvalue weighted by atomic mass is 10.1. The van der Waals surface area contributed by atoms with Gasteiger partial charge in [0, 0.05) is 17.8 Å². The van der Waals surface area contributed by atoms with Gasteiger partial charge < -0.3 is 14.8 Å². The average Bonchev–Trinajstić information content (AvgIpc) is 2.48. The molecule has 2 aromatic carbocycles. The quantitative estimate of drug-likeness (QED) is 0.793. The lowest BCUT2D eigenvalue weighted by Gasteiger charge is -2.17. The molecule has 4 heteroatoms. The number of anilines is 1. The maximum atomic E-state index is 5.52. The van der Waals surface area contributed by atoms with E-state index in [1.54, 1.807) is 7.11 Å². The third-order valence-electron chi connectivity index (χ3n) is 3.20. The van der Waals surface area contributed by atoms with Crippen LogP contribution in [-0.2, 0) is 0 Å². The number of nitrogens with one attached hydrogen (secondary N) is 1. The number of ether oxygens (including phenoxy) is 2. The van der Waals surface area contributed by atoms with Gasteiger partial charge in [-0.05, 0) is 59.6 Å². The molecular weight excluding hydrogens is 330 g/mol. The minimum atomic E-state index is 0.184. The Morgan fingerprint density at radius 2 is 2.00 bits per heavy atom. The molecule has 0 amide bonds. The number of rotatable bonds is 6. The molecule has 21 heavy (non-hydrogen) atoms. The Hall–Kier alpha value is -1.68. The predicted octanol–water partition coefficient (Wildman–Crippen LogP) is 5.03. The average molecular weight is 350 g/mol. The zero-order valence-corrected chi connectivity index (χ0v) is 14.1. The molecule has 0 radical (unpaired) electrons. The van der Waals surface area contributed by atoms with Gasteiger partial charge >= 0.3 is 0 Å². The highest BCUT2D eigenvalue weighted by Crippen LogP contribution is 2.29. The van der Waals surface area contributed by atoms with Crippen LogP contribution < -0.4 is 14.8 Å². The highest BCUT2D eigenvalue weighted by Gasteiger charge is 2.09. The second-order valence-electron chi connectivity index (χ2n) is 4.72. The van der Waals surface area contributed by atoms with Crippen molar-refractivity contribution in [3.05, 3.63) is 52.5 Å². The van der Waals surface area contributed by atoms with Crippen molar-refractivity contribution in [2.24, 2.45) is 0 Å². The van der Waals surface area contributed by atoms with E-state index in [4.69, 9.17) is 9.47 Å². The maximum Gasteiger partial charge on any atom is 0.133 e. The summed E-state index contributed by atoms with van der Waals surface area (Å²) in [5.74, 6) is 1.72. The molecule has 3 nitrogen and oxygen atoms in total. The summed E-state index contributed by atoms with van der Waals surface area (Å²) in [5, 5.41) is 3.48. The molecule has 1 atom stereocenters. The van der Waals surface area contributed by atoms with Crippen molar-refractivity contribution in [3.8, 4) is 11.5 Å². The third-order valence-corrected chi connectivity index (χ3v) is 3.82. The summed E-state index contributed by atoms with van der Waals surface area (Å²) >= 11 is 3.52. The second kappa shape index (κ2) is 7.36. The minimum Gasteiger partial charge on any atom is -0.496 e. The van der Waals surface area contributed by atoms with Crippen molar-refractivity contribution in [2.45, 2.75) is 19.9 Å². The fourth-order valence-corrected chi connectivity index (χ4v) is 2.69. The van der Waals surface area contributed by atoms with Crippen LogP contribution in [0.4, 0.5) is 5.69 Å². The summed E-state index contributed by atoms with van der Waals surface area (Å²) in [5.41, 5.74) is 2.23. The zero-order chi connectivity index (χ0) is 15.2. The molecule has 0 bridgehead atoms. The molecule has 1 N–H and O–H groups in total. The van der Waals surface area contributed by atoms with Crippen LogP contribution in [0.2, 0.25) is 0 Å². The van der Waals surface area contributed by atoms with Crippen LogP contribution in [0.1, 0.15) is 25.5 Å². The van der Waals surface area contributed by atoms with Gasteiger partial charge in [0.05, 0.1) is 18.2 Å². The number of hydrogen-bond donors (Lipinski definition) is 1. The molecule has 2 rings (SSSR count). The van der Waals surface area contributed by atoms with Gasteiger partial charge in [0.25, 0.3) is 0 Å². The van der Waals surface area contributed by atoms with Crippen LogP contribution in [0.3, 0.4) is 0 Å². The Balaban J connectivity index is 2.12. The van der Waals surface area contributed by atoms with Crippen molar-refractivity contribution < 1.29 is 9.47 Å². The molecule has 2 aromatic rings. The van der Waals surface area contributed by atoms with Crippen LogP contribution in [0.25, 0.3) is 0 Å². The van der Waals surface area contributed by atoms with Crippen molar-refractivity contribution in [1.29, 1.82) is 0 Å². The molecule has 112 valence electrons. The Bertz CT molecular complexity index is 601. The fraction of sp³-hybridized carbons (Fsp3) is 0.294. The van der Waals surface area contributed by atoms with Gasteiger partial charge in [-0.1, -0.05) is 12.1 Å². The molecule has 0 aliphatic carbocycles. The van der Waals surface area contributed by atoms with E-state index < -0.39 is 0 Å². The summed E-state index contributed by atoms with van der Waals surface area (Å²) < 4.78 is 11.7. The highest BCUT2D eigenvalue weighted by atomic mass is 79.9. The fourth-order valence-electron chi connectivity index (χ4n) is 2.13. The third kappa shape index (κ3) is 4.14. The Labute approximate surface area is 134 Å². The summed E-state index contributed by atoms with van der Waals surface area (Å²) in [6, 6.07) is 14.3. The van der Waals surface area contributed by atoms with Crippen molar-refractivity contribution in [3.63, 3.8) is 0 Å². The molecule has 0 aliphatic heterocycles. The van der Waals surface area contributed by atoms with Crippen molar-refractivity contribution in [2.75, 3.05) is 19.0 Å². The van der Waals surface area contributed by atoms with Crippen LogP contribution in [0.15, 0.2) is 46.9 Å². The highest BCUT2D eigenvalue weighted by molar-refractivity contribution is 9.10. The van der Waals surface area contributed by atoms with E-state index in [9.17, 15) is 0 Å². The molecule has 0 fully saturated rings. The van der Waals surface area contributed by atoms with Gasteiger partial charge in [0.15, 0.2) is 0 Å². The van der Waals surface area contributed by atoms with Gasteiger partial charge in [-0.15, -0.1) is 0 Å². The Kier molecular flexibility index (Phi) is 5.51. The maximum absolute atomic E-state index is 5.52. The van der Waals surface area contributed by atoms with E-state index in [0.29, 0.717) is 6.61 Å². The lowest BCUT2D eigenvalue weighted by molar-refractivity contribution is 0.340. The van der Waals surface area contributed by atoms with E-state index in [1.807, 2.05) is 37.3 Å². The van der Waals surface area contributed by atoms with Gasteiger partial charge in [-0.3, -0.25) is 0 Å². The van der Waals surface area contributed by atoms with Gasteiger partial charge in [0.2, 0.25) is 0 Å². The topological polar surface area (TPSA) is 30.5 Å². The standard InChI is InChI=1S/C17H20BrNO2/c1-4-21-15-7-5-6-14(11-15)19-12(2)13-8-9-17(20-3)16(18)10-13/h5-12,19H,4H2,1-3H3. The normalized spacial score (nSPS) is 11.8. The first-order chi connectivity index (χ1) is 10.1. The summed E-state index contributed by atoms with van der Waals surface area (Å²) in [7, 11) is 1.67. The lowest BCUT2D eigenvalue weighted by Crippen LogP contribution is -2.07. The SMILES string of the molecule is CCOc1cccc(NC(C)c2ccc(OC)c(Br)c2)c1. The van der Waals surface area contributed by atoms with Crippen LogP contribution >= 0.6 is 15.9 Å². The number of benzene rings is 2. The van der Waals surface area contributed by atoms with Crippen LogP contribution in [-0.4, -0.2) is 13.7 Å². The molecule has 0 saturated carbocycles. The van der Waals surface area contributed by atoms with Gasteiger partial charge in [-0.25, -0.2) is 0 Å². The zero-order valence-electron chi connectivity index (χ0n) is 12.5. The van der Waals surface area contributed by atoms with E-state index >= 15 is 0 Å². The first kappa shape index (κ1) is 15.7. The van der Waals surface area contributed by atoms with E-state index in [2.05, 4.69) is 40.3 Å². The van der Waals surface area contributed by atoms with Gasteiger partial charge in [-0.2, -0.15) is 0 Å². The summed E-state index contributed by atoms with van der Waals surface area (Å²) in [4.78, 5) is 0. The summed E-state index contributed by atoms with van der Waals surface area (Å²) in [6.07, 6.45) is 0. The molecule has 1 unspecified atom stereocenters. The van der Waals surface area contributed by atoms with Crippen molar-refractivity contribution >= 4 is 21.6 Å². The first-order valence-corrected chi connectivity index (χ1v) is 7.76. The smallest absolute Gasteiger partial charge is 0.133 e. The molecule has 0 aromatic heterocycles. The second-order valence-corrected chi connectivity index (χ2v) is 5.58. The van der Waals surface area contributed by atoms with Crippen LogP contribution in [0.5, 0.6) is 11.5 Å². The van der Waals surface area contributed by atoms with Crippen LogP contribution in [0, 0.1) is 0 Å². The monoisotopic (exact) mass is 349 g/mol. The predicted molar refractivity (Wildman–Crippen MR) is 90.3 cm³/mol. The largest absolute Gasteiger partial charge is 0.496 e. The van der Waals surface area contributed by atoms with Gasteiger partial charge in [0.1, 0.15) is 11.5 Å². The van der Waals surface area contributed by atoms with E-state index in [-0.39, 0.29) is 6.04 Å².